The van der Waals surface area contributed by atoms with Crippen LogP contribution in [0.5, 0.6) is 0 Å². The molecule has 0 saturated carbocycles. The van der Waals surface area contributed by atoms with Crippen LogP contribution in [0, 0.1) is 11.6 Å². The maximum atomic E-state index is 13.3. The first kappa shape index (κ1) is 14.7. The monoisotopic (exact) mass is 258 g/mol. The summed E-state index contributed by atoms with van der Waals surface area (Å²) < 4.78 is 36.1. The van der Waals surface area contributed by atoms with E-state index in [2.05, 4.69) is 0 Å². The van der Waals surface area contributed by atoms with Crippen molar-refractivity contribution in [3.05, 3.63) is 35.4 Å². The lowest BCUT2D eigenvalue weighted by Crippen LogP contribution is -2.10. The van der Waals surface area contributed by atoms with Gasteiger partial charge in [0.05, 0.1) is 19.8 Å². The van der Waals surface area contributed by atoms with Crippen molar-refractivity contribution in [1.29, 1.82) is 0 Å². The quantitative estimate of drug-likeness (QED) is 0.670. The molecule has 0 saturated heterocycles. The number of ether oxygens (including phenoxy) is 2. The molecule has 0 amide bonds. The number of carbonyl (C=O) groups excluding carboxylic acids is 1. The van der Waals surface area contributed by atoms with Gasteiger partial charge in [0.15, 0.2) is 11.6 Å². The summed E-state index contributed by atoms with van der Waals surface area (Å²) in [6.45, 7) is 1.14. The van der Waals surface area contributed by atoms with Crippen molar-refractivity contribution in [1.82, 2.24) is 0 Å². The molecule has 0 atom stereocenters. The predicted octanol–water partition coefficient (Wildman–Crippen LogP) is 2.13. The van der Waals surface area contributed by atoms with Gasteiger partial charge >= 0.3 is 0 Å². The molecule has 0 fully saturated rings. The molecule has 0 aliphatic heterocycles. The van der Waals surface area contributed by atoms with Crippen LogP contribution in [0.4, 0.5) is 8.78 Å². The molecule has 0 spiro atoms. The summed E-state index contributed by atoms with van der Waals surface area (Å²) in [5, 5.41) is 0. The van der Waals surface area contributed by atoms with Gasteiger partial charge in [-0.25, -0.2) is 8.78 Å². The van der Waals surface area contributed by atoms with Gasteiger partial charge in [0.25, 0.3) is 0 Å². The summed E-state index contributed by atoms with van der Waals surface area (Å²) in [4.78, 5) is 11.5. The Labute approximate surface area is 105 Å². The summed E-state index contributed by atoms with van der Waals surface area (Å²) in [7, 11) is 1.56. The minimum absolute atomic E-state index is 0.0805. The van der Waals surface area contributed by atoms with Crippen molar-refractivity contribution in [3.8, 4) is 0 Å². The van der Waals surface area contributed by atoms with E-state index in [9.17, 15) is 13.6 Å². The van der Waals surface area contributed by atoms with Gasteiger partial charge in [0, 0.05) is 20.0 Å². The van der Waals surface area contributed by atoms with Crippen LogP contribution in [0.15, 0.2) is 18.2 Å². The fourth-order valence-electron chi connectivity index (χ4n) is 1.42. The van der Waals surface area contributed by atoms with Crippen molar-refractivity contribution in [2.24, 2.45) is 0 Å². The topological polar surface area (TPSA) is 35.5 Å². The standard InChI is InChI=1S/C13H16F2O3/c1-17-7-8-18-6-5-11(16)9-10-3-2-4-12(14)13(10)15/h2-4H,5-9H2,1H3. The maximum Gasteiger partial charge on any atom is 0.162 e. The van der Waals surface area contributed by atoms with Gasteiger partial charge < -0.3 is 9.47 Å². The van der Waals surface area contributed by atoms with Crippen LogP contribution < -0.4 is 0 Å². The molecular formula is C13H16F2O3. The first-order valence-corrected chi connectivity index (χ1v) is 5.66. The summed E-state index contributed by atoms with van der Waals surface area (Å²) in [6, 6.07) is 3.81. The molecule has 0 aliphatic carbocycles. The van der Waals surface area contributed by atoms with Crippen LogP contribution in [0.25, 0.3) is 0 Å². The number of benzene rings is 1. The number of Topliss-reactive ketones (excluding diaryl/α,β-unsaturated/α-hetero) is 1. The molecule has 1 aromatic rings. The van der Waals surface area contributed by atoms with Crippen molar-refractivity contribution >= 4 is 5.78 Å². The Kier molecular flexibility index (Phi) is 6.46. The van der Waals surface area contributed by atoms with Gasteiger partial charge in [-0.15, -0.1) is 0 Å². The molecule has 0 aromatic heterocycles. The average Bonchev–Trinajstić information content (AvgIpc) is 2.35. The van der Waals surface area contributed by atoms with Gasteiger partial charge in [-0.1, -0.05) is 12.1 Å². The van der Waals surface area contributed by atoms with Crippen LogP contribution in [0.1, 0.15) is 12.0 Å². The fourth-order valence-corrected chi connectivity index (χ4v) is 1.42. The first-order valence-electron chi connectivity index (χ1n) is 5.66. The predicted molar refractivity (Wildman–Crippen MR) is 62.4 cm³/mol. The lowest BCUT2D eigenvalue weighted by atomic mass is 10.1. The van der Waals surface area contributed by atoms with Gasteiger partial charge in [-0.3, -0.25) is 4.79 Å². The van der Waals surface area contributed by atoms with Crippen molar-refractivity contribution < 1.29 is 23.0 Å². The molecular weight excluding hydrogens is 242 g/mol. The van der Waals surface area contributed by atoms with E-state index in [-0.39, 0.29) is 30.8 Å². The van der Waals surface area contributed by atoms with Crippen LogP contribution >= 0.6 is 0 Å². The lowest BCUT2D eigenvalue weighted by Gasteiger charge is -2.04. The largest absolute Gasteiger partial charge is 0.382 e. The van der Waals surface area contributed by atoms with Gasteiger partial charge in [-0.2, -0.15) is 0 Å². The average molecular weight is 258 g/mol. The van der Waals surface area contributed by atoms with E-state index in [0.29, 0.717) is 13.2 Å². The van der Waals surface area contributed by atoms with Gasteiger partial charge in [0.2, 0.25) is 0 Å². The number of methoxy groups -OCH3 is 1. The Balaban J connectivity index is 2.34. The first-order chi connectivity index (χ1) is 8.65. The highest BCUT2D eigenvalue weighted by molar-refractivity contribution is 5.80. The molecule has 0 heterocycles. The molecule has 0 bridgehead atoms. The molecule has 1 rings (SSSR count). The van der Waals surface area contributed by atoms with Crippen molar-refractivity contribution in [2.45, 2.75) is 12.8 Å². The Morgan fingerprint density at radius 3 is 2.72 bits per heavy atom. The highest BCUT2D eigenvalue weighted by Gasteiger charge is 2.11. The number of ketones is 1. The highest BCUT2D eigenvalue weighted by Crippen LogP contribution is 2.12. The van der Waals surface area contributed by atoms with E-state index in [0.717, 1.165) is 6.07 Å². The second kappa shape index (κ2) is 7.89. The Morgan fingerprint density at radius 2 is 2.00 bits per heavy atom. The van der Waals surface area contributed by atoms with Crippen molar-refractivity contribution in [2.75, 3.05) is 26.9 Å². The van der Waals surface area contributed by atoms with Crippen LogP contribution in [-0.4, -0.2) is 32.7 Å². The minimum atomic E-state index is -0.953. The number of carbonyl (C=O) groups is 1. The number of hydrogen-bond acceptors (Lipinski definition) is 3. The van der Waals surface area contributed by atoms with Gasteiger partial charge in [0.1, 0.15) is 5.78 Å². The molecule has 5 heteroatoms. The minimum Gasteiger partial charge on any atom is -0.382 e. The molecule has 18 heavy (non-hydrogen) atoms. The smallest absolute Gasteiger partial charge is 0.162 e. The summed E-state index contributed by atoms with van der Waals surface area (Å²) in [5.74, 6) is -2.07. The summed E-state index contributed by atoms with van der Waals surface area (Å²) in [5.41, 5.74) is 0.0805. The number of halogens is 2. The second-order valence-corrected chi connectivity index (χ2v) is 3.78. The van der Waals surface area contributed by atoms with E-state index in [1.807, 2.05) is 0 Å². The molecule has 3 nitrogen and oxygen atoms in total. The summed E-state index contributed by atoms with van der Waals surface area (Å²) in [6.07, 6.45) is 0.0664. The maximum absolute atomic E-state index is 13.3. The Hall–Kier alpha value is -1.33. The highest BCUT2D eigenvalue weighted by atomic mass is 19.2. The molecule has 1 aromatic carbocycles. The van der Waals surface area contributed by atoms with Crippen LogP contribution in [0.3, 0.4) is 0 Å². The van der Waals surface area contributed by atoms with E-state index in [1.165, 1.54) is 12.1 Å². The Morgan fingerprint density at radius 1 is 1.22 bits per heavy atom. The van der Waals surface area contributed by atoms with E-state index >= 15 is 0 Å². The third-order valence-corrected chi connectivity index (χ3v) is 2.38. The Bertz CT molecular complexity index is 394. The summed E-state index contributed by atoms with van der Waals surface area (Å²) >= 11 is 0. The van der Waals surface area contributed by atoms with Gasteiger partial charge in [-0.05, 0) is 11.6 Å². The zero-order valence-corrected chi connectivity index (χ0v) is 10.2. The fraction of sp³-hybridized carbons (Fsp3) is 0.462. The SMILES string of the molecule is COCCOCCC(=O)Cc1cccc(F)c1F. The zero-order chi connectivity index (χ0) is 13.4. The number of hydrogen-bond donors (Lipinski definition) is 0. The second-order valence-electron chi connectivity index (χ2n) is 3.78. The zero-order valence-electron chi connectivity index (χ0n) is 10.2. The van der Waals surface area contributed by atoms with E-state index in [4.69, 9.17) is 9.47 Å². The molecule has 0 unspecified atom stereocenters. The number of rotatable bonds is 8. The molecule has 0 N–H and O–H groups in total. The third kappa shape index (κ3) is 4.89. The van der Waals surface area contributed by atoms with E-state index in [1.54, 1.807) is 7.11 Å². The molecule has 0 radical (unpaired) electrons. The van der Waals surface area contributed by atoms with E-state index < -0.39 is 11.6 Å². The molecule has 100 valence electrons. The third-order valence-electron chi connectivity index (χ3n) is 2.38. The normalized spacial score (nSPS) is 10.6. The van der Waals surface area contributed by atoms with Crippen LogP contribution in [-0.2, 0) is 20.7 Å². The van der Waals surface area contributed by atoms with Crippen LogP contribution in [0.2, 0.25) is 0 Å². The lowest BCUT2D eigenvalue weighted by molar-refractivity contribution is -0.119. The van der Waals surface area contributed by atoms with Crippen molar-refractivity contribution in [3.63, 3.8) is 0 Å². The molecule has 0 aliphatic rings.